The fourth-order valence-corrected chi connectivity index (χ4v) is 3.68. The molecule has 0 spiro atoms. The van der Waals surface area contributed by atoms with Crippen molar-refractivity contribution in [1.29, 1.82) is 0 Å². The van der Waals surface area contributed by atoms with E-state index in [4.69, 9.17) is 23.2 Å². The molecule has 0 radical (unpaired) electrons. The number of aromatic nitrogens is 2. The van der Waals surface area contributed by atoms with E-state index in [0.29, 0.717) is 16.1 Å². The molecule has 0 aliphatic carbocycles. The minimum Gasteiger partial charge on any atom is -0.344 e. The third-order valence-corrected chi connectivity index (χ3v) is 5.31. The summed E-state index contributed by atoms with van der Waals surface area (Å²) in [5.74, 6) is 0. The highest BCUT2D eigenvalue weighted by atomic mass is 35.5. The van der Waals surface area contributed by atoms with Gasteiger partial charge in [0.1, 0.15) is 0 Å². The summed E-state index contributed by atoms with van der Waals surface area (Å²) in [7, 11) is 0. The Morgan fingerprint density at radius 2 is 1.88 bits per heavy atom. The monoisotopic (exact) mass is 381 g/mol. The van der Waals surface area contributed by atoms with Crippen molar-refractivity contribution in [2.24, 2.45) is 0 Å². The van der Waals surface area contributed by atoms with E-state index < -0.39 is 0 Å². The summed E-state index contributed by atoms with van der Waals surface area (Å²) in [5.41, 5.74) is 3.46. The van der Waals surface area contributed by atoms with Crippen LogP contribution in [0.1, 0.15) is 18.9 Å². The van der Waals surface area contributed by atoms with Gasteiger partial charge in [-0.2, -0.15) is 0 Å². The van der Waals surface area contributed by atoms with Crippen LogP contribution in [0.25, 0.3) is 22.0 Å². The SMILES string of the molecule is Cl.Clc1ccc(-c2cn(C3CCNCC3)c3ccncc23)cc1Cl. The normalized spacial score (nSPS) is 15.4. The van der Waals surface area contributed by atoms with Gasteiger partial charge in [-0.25, -0.2) is 0 Å². The summed E-state index contributed by atoms with van der Waals surface area (Å²) in [6, 6.07) is 8.42. The lowest BCUT2D eigenvalue weighted by Crippen LogP contribution is -2.29. The van der Waals surface area contributed by atoms with Crippen molar-refractivity contribution in [3.8, 4) is 11.1 Å². The predicted octanol–water partition coefficient (Wildman–Crippen LogP) is 5.36. The number of pyridine rings is 1. The van der Waals surface area contributed by atoms with E-state index in [1.165, 1.54) is 5.52 Å². The molecule has 3 heterocycles. The lowest BCUT2D eigenvalue weighted by atomic mass is 10.1. The van der Waals surface area contributed by atoms with Crippen molar-refractivity contribution >= 4 is 46.5 Å². The van der Waals surface area contributed by atoms with Gasteiger partial charge < -0.3 is 9.88 Å². The third-order valence-electron chi connectivity index (χ3n) is 4.57. The number of nitrogens with zero attached hydrogens (tertiary/aromatic N) is 2. The van der Waals surface area contributed by atoms with Crippen molar-refractivity contribution in [3.05, 3.63) is 52.9 Å². The molecule has 3 aromatic rings. The molecule has 1 aliphatic rings. The van der Waals surface area contributed by atoms with E-state index in [0.717, 1.165) is 42.4 Å². The standard InChI is InChI=1S/C18H17Cl2N3.ClH/c19-16-2-1-12(9-17(16)20)15-11-23(13-3-6-21-7-4-13)18-5-8-22-10-14(15)18;/h1-2,5,8-11,13,21H,3-4,6-7H2;1H. The maximum atomic E-state index is 6.21. The number of piperidine rings is 1. The van der Waals surface area contributed by atoms with Crippen LogP contribution in [0.4, 0.5) is 0 Å². The molecule has 126 valence electrons. The lowest BCUT2D eigenvalue weighted by molar-refractivity contribution is 0.376. The van der Waals surface area contributed by atoms with Crippen LogP contribution in [0.15, 0.2) is 42.9 Å². The molecule has 1 fully saturated rings. The Balaban J connectivity index is 0.00000169. The highest BCUT2D eigenvalue weighted by Gasteiger charge is 2.19. The molecule has 6 heteroatoms. The van der Waals surface area contributed by atoms with E-state index in [9.17, 15) is 0 Å². The second-order valence-electron chi connectivity index (χ2n) is 5.95. The van der Waals surface area contributed by atoms with Crippen LogP contribution in [0.2, 0.25) is 10.0 Å². The quantitative estimate of drug-likeness (QED) is 0.647. The van der Waals surface area contributed by atoms with Gasteiger partial charge in [0.05, 0.1) is 15.6 Å². The molecule has 2 aromatic heterocycles. The first-order valence-electron chi connectivity index (χ1n) is 7.85. The highest BCUT2D eigenvalue weighted by Crippen LogP contribution is 2.36. The number of rotatable bonds is 2. The van der Waals surface area contributed by atoms with Gasteiger partial charge in [0.15, 0.2) is 0 Å². The Kier molecular flexibility index (Phi) is 5.36. The first-order chi connectivity index (χ1) is 11.2. The van der Waals surface area contributed by atoms with E-state index >= 15 is 0 Å². The zero-order valence-electron chi connectivity index (χ0n) is 13.0. The Labute approximate surface area is 157 Å². The fourth-order valence-electron chi connectivity index (χ4n) is 3.38. The van der Waals surface area contributed by atoms with E-state index in [-0.39, 0.29) is 12.4 Å². The molecular formula is C18H18Cl3N3. The molecule has 0 unspecified atom stereocenters. The van der Waals surface area contributed by atoms with Crippen LogP contribution in [-0.4, -0.2) is 22.6 Å². The number of halogens is 3. The van der Waals surface area contributed by atoms with Crippen molar-refractivity contribution in [1.82, 2.24) is 14.9 Å². The molecule has 1 saturated heterocycles. The molecule has 1 aromatic carbocycles. The summed E-state index contributed by atoms with van der Waals surface area (Å²) < 4.78 is 2.40. The van der Waals surface area contributed by atoms with Crippen molar-refractivity contribution in [2.75, 3.05) is 13.1 Å². The maximum absolute atomic E-state index is 6.21. The second-order valence-corrected chi connectivity index (χ2v) is 6.77. The van der Waals surface area contributed by atoms with Crippen LogP contribution < -0.4 is 5.32 Å². The highest BCUT2D eigenvalue weighted by molar-refractivity contribution is 6.42. The molecule has 4 rings (SSSR count). The summed E-state index contributed by atoms with van der Waals surface area (Å²) in [4.78, 5) is 4.31. The minimum atomic E-state index is 0. The summed E-state index contributed by atoms with van der Waals surface area (Å²) in [5, 5.41) is 5.74. The Morgan fingerprint density at radius 3 is 2.62 bits per heavy atom. The van der Waals surface area contributed by atoms with Gasteiger partial charge in [0.25, 0.3) is 0 Å². The second kappa shape index (κ2) is 7.32. The fraction of sp³-hybridized carbons (Fsp3) is 0.278. The van der Waals surface area contributed by atoms with Gasteiger partial charge in [0.2, 0.25) is 0 Å². The van der Waals surface area contributed by atoms with Crippen LogP contribution in [0.5, 0.6) is 0 Å². The van der Waals surface area contributed by atoms with Gasteiger partial charge in [-0.15, -0.1) is 12.4 Å². The van der Waals surface area contributed by atoms with E-state index in [2.05, 4.69) is 27.1 Å². The lowest BCUT2D eigenvalue weighted by Gasteiger charge is -2.25. The average molecular weight is 383 g/mol. The summed E-state index contributed by atoms with van der Waals surface area (Å²) in [6.45, 7) is 2.13. The van der Waals surface area contributed by atoms with Crippen molar-refractivity contribution in [3.63, 3.8) is 0 Å². The third kappa shape index (κ3) is 3.14. The Hall–Kier alpha value is -1.26. The number of fused-ring (bicyclic) bond motifs is 1. The zero-order valence-corrected chi connectivity index (χ0v) is 15.3. The largest absolute Gasteiger partial charge is 0.344 e. The number of hydrogen-bond donors (Lipinski definition) is 1. The molecule has 0 amide bonds. The van der Waals surface area contributed by atoms with Gasteiger partial charge >= 0.3 is 0 Å². The molecule has 1 N–H and O–H groups in total. The van der Waals surface area contributed by atoms with Crippen LogP contribution >= 0.6 is 35.6 Å². The Bertz CT molecular complexity index is 854. The van der Waals surface area contributed by atoms with E-state index in [1.807, 2.05) is 30.6 Å². The van der Waals surface area contributed by atoms with Gasteiger partial charge in [0, 0.05) is 35.6 Å². The topological polar surface area (TPSA) is 29.9 Å². The molecular weight excluding hydrogens is 365 g/mol. The van der Waals surface area contributed by atoms with Crippen molar-refractivity contribution in [2.45, 2.75) is 18.9 Å². The average Bonchev–Trinajstić information content (AvgIpc) is 2.98. The van der Waals surface area contributed by atoms with Crippen LogP contribution in [-0.2, 0) is 0 Å². The number of nitrogens with one attached hydrogen (secondary N) is 1. The summed E-state index contributed by atoms with van der Waals surface area (Å²) >= 11 is 12.3. The van der Waals surface area contributed by atoms with E-state index in [1.54, 1.807) is 0 Å². The Morgan fingerprint density at radius 1 is 1.08 bits per heavy atom. The molecule has 1 aliphatic heterocycles. The molecule has 3 nitrogen and oxygen atoms in total. The van der Waals surface area contributed by atoms with Crippen LogP contribution in [0.3, 0.4) is 0 Å². The van der Waals surface area contributed by atoms with Gasteiger partial charge in [-0.1, -0.05) is 29.3 Å². The molecule has 0 atom stereocenters. The first kappa shape index (κ1) is 17.6. The zero-order chi connectivity index (χ0) is 15.8. The number of hydrogen-bond acceptors (Lipinski definition) is 2. The van der Waals surface area contributed by atoms with Gasteiger partial charge in [-0.05, 0) is 49.7 Å². The maximum Gasteiger partial charge on any atom is 0.0598 e. The minimum absolute atomic E-state index is 0. The van der Waals surface area contributed by atoms with Gasteiger partial charge in [-0.3, -0.25) is 4.98 Å². The van der Waals surface area contributed by atoms with Crippen molar-refractivity contribution < 1.29 is 0 Å². The molecule has 0 saturated carbocycles. The first-order valence-corrected chi connectivity index (χ1v) is 8.60. The molecule has 0 bridgehead atoms. The van der Waals surface area contributed by atoms with Crippen LogP contribution in [0, 0.1) is 0 Å². The molecule has 24 heavy (non-hydrogen) atoms. The number of benzene rings is 1. The predicted molar refractivity (Wildman–Crippen MR) is 104 cm³/mol. The smallest absolute Gasteiger partial charge is 0.0598 e. The summed E-state index contributed by atoms with van der Waals surface area (Å²) in [6.07, 6.45) is 8.32.